The van der Waals surface area contributed by atoms with Crippen molar-refractivity contribution in [2.24, 2.45) is 0 Å². The topological polar surface area (TPSA) is 99.3 Å². The third-order valence-corrected chi connectivity index (χ3v) is 7.64. The Labute approximate surface area is 236 Å². The molecule has 0 bridgehead atoms. The van der Waals surface area contributed by atoms with E-state index in [-0.39, 0.29) is 12.4 Å². The second-order valence-corrected chi connectivity index (χ2v) is 11.6. The van der Waals surface area contributed by atoms with Crippen LogP contribution in [0.15, 0.2) is 41.8 Å². The predicted octanol–water partition coefficient (Wildman–Crippen LogP) is 4.74. The summed E-state index contributed by atoms with van der Waals surface area (Å²) in [6.07, 6.45) is 0.277. The summed E-state index contributed by atoms with van der Waals surface area (Å²) >= 11 is 1.49. The molecule has 0 radical (unpaired) electrons. The number of thiazole rings is 1. The number of aryl methyl sites for hydroxylation is 1. The van der Waals surface area contributed by atoms with Crippen molar-refractivity contribution in [3.8, 4) is 11.3 Å². The van der Waals surface area contributed by atoms with Gasteiger partial charge in [0.2, 0.25) is 0 Å². The minimum atomic E-state index is -0.612. The Balaban J connectivity index is 1.42. The first-order valence-electron chi connectivity index (χ1n) is 13.3. The molecule has 10 nitrogen and oxygen atoms in total. The van der Waals surface area contributed by atoms with Gasteiger partial charge >= 0.3 is 6.09 Å². The Hall–Kier alpha value is -3.77. The number of hydrogen-bond donors (Lipinski definition) is 1. The highest BCUT2D eigenvalue weighted by molar-refractivity contribution is 7.14. The van der Waals surface area contributed by atoms with Crippen LogP contribution in [-0.4, -0.2) is 80.6 Å². The molecule has 1 saturated heterocycles. The third kappa shape index (κ3) is 5.59. The van der Waals surface area contributed by atoms with E-state index in [1.165, 1.54) is 23.5 Å². The van der Waals surface area contributed by atoms with E-state index in [9.17, 15) is 14.3 Å². The normalized spacial score (nSPS) is 16.0. The second-order valence-electron chi connectivity index (χ2n) is 10.7. The van der Waals surface area contributed by atoms with Gasteiger partial charge in [-0.2, -0.15) is 4.52 Å². The van der Waals surface area contributed by atoms with E-state index < -0.39 is 17.7 Å². The van der Waals surface area contributed by atoms with Gasteiger partial charge in [0.25, 0.3) is 0 Å². The van der Waals surface area contributed by atoms with Gasteiger partial charge < -0.3 is 19.6 Å². The number of carbonyl (C=O) groups excluding carboxylic acids is 1. The van der Waals surface area contributed by atoms with E-state index in [1.807, 2.05) is 61.7 Å². The van der Waals surface area contributed by atoms with Crippen LogP contribution >= 0.6 is 11.3 Å². The van der Waals surface area contributed by atoms with Crippen LogP contribution in [-0.2, 0) is 11.2 Å². The molecule has 1 amide bonds. The molecule has 1 aromatic carbocycles. The van der Waals surface area contributed by atoms with E-state index in [0.717, 1.165) is 33.7 Å². The summed E-state index contributed by atoms with van der Waals surface area (Å²) in [5, 5.41) is 17.7. The number of anilines is 3. The number of nitrogens with zero attached hydrogens (tertiary/aromatic N) is 7. The van der Waals surface area contributed by atoms with Crippen LogP contribution in [0.4, 0.5) is 26.0 Å². The minimum Gasteiger partial charge on any atom is -0.444 e. The minimum absolute atomic E-state index is 0.183. The SMILES string of the molecule is CCc1nc2ccc(N3CCN(C(=O)OC(C)(C)C)C(CO)C3)nn2c1N(C)c1nc(-c2ccc(F)cc2)cs1. The monoisotopic (exact) mass is 567 g/mol. The number of amides is 1. The second kappa shape index (κ2) is 11.0. The maximum atomic E-state index is 13.4. The summed E-state index contributed by atoms with van der Waals surface area (Å²) in [4.78, 5) is 27.9. The molecule has 1 N–H and O–H groups in total. The van der Waals surface area contributed by atoms with Crippen molar-refractivity contribution in [2.45, 2.75) is 45.8 Å². The van der Waals surface area contributed by atoms with Crippen LogP contribution in [0.3, 0.4) is 0 Å². The highest BCUT2D eigenvalue weighted by atomic mass is 32.1. The molecule has 1 atom stereocenters. The lowest BCUT2D eigenvalue weighted by molar-refractivity contribution is 0.00698. The molecule has 40 heavy (non-hydrogen) atoms. The quantitative estimate of drug-likeness (QED) is 0.357. The standard InChI is InChI=1S/C28H34FN7O3S/c1-6-21-25(33(5)26-31-22(17-40-26)18-7-9-19(29)10-8-18)36-23(30-21)11-12-24(32-36)34-13-14-35(20(15-34)16-37)27(38)39-28(2,3)4/h7-12,17,20,37H,6,13-16H2,1-5H3. The van der Waals surface area contributed by atoms with Gasteiger partial charge in [-0.1, -0.05) is 6.92 Å². The Kier molecular flexibility index (Phi) is 7.65. The highest BCUT2D eigenvalue weighted by Crippen LogP contribution is 2.34. The van der Waals surface area contributed by atoms with Crippen molar-refractivity contribution in [1.82, 2.24) is 24.5 Å². The van der Waals surface area contributed by atoms with Crippen LogP contribution in [0.5, 0.6) is 0 Å². The molecule has 0 saturated carbocycles. The largest absolute Gasteiger partial charge is 0.444 e. The number of hydrogen-bond acceptors (Lipinski definition) is 9. The summed E-state index contributed by atoms with van der Waals surface area (Å²) in [5.41, 5.74) is 2.59. The Morgan fingerprint density at radius 2 is 1.93 bits per heavy atom. The van der Waals surface area contributed by atoms with Crippen LogP contribution < -0.4 is 9.80 Å². The first kappa shape index (κ1) is 27.8. The number of aliphatic hydroxyl groups is 1. The molecule has 1 fully saturated rings. The van der Waals surface area contributed by atoms with E-state index in [2.05, 4.69) is 4.90 Å². The summed E-state index contributed by atoms with van der Waals surface area (Å²) in [6.45, 7) is 8.72. The van der Waals surface area contributed by atoms with Crippen LogP contribution in [0.25, 0.3) is 16.9 Å². The van der Waals surface area contributed by atoms with E-state index in [4.69, 9.17) is 19.8 Å². The molecular weight excluding hydrogens is 533 g/mol. The van der Waals surface area contributed by atoms with Crippen LogP contribution in [0.1, 0.15) is 33.4 Å². The average molecular weight is 568 g/mol. The van der Waals surface area contributed by atoms with Crippen molar-refractivity contribution in [2.75, 3.05) is 43.1 Å². The molecule has 0 spiro atoms. The molecule has 4 heterocycles. The molecule has 1 unspecified atom stereocenters. The van der Waals surface area contributed by atoms with Crippen molar-refractivity contribution in [1.29, 1.82) is 0 Å². The lowest BCUT2D eigenvalue weighted by atomic mass is 10.1. The van der Waals surface area contributed by atoms with Crippen molar-refractivity contribution >= 4 is 39.8 Å². The number of carbonyl (C=O) groups is 1. The number of piperazine rings is 1. The van der Waals surface area contributed by atoms with Gasteiger partial charge in [0.05, 0.1) is 24.0 Å². The highest BCUT2D eigenvalue weighted by Gasteiger charge is 2.34. The van der Waals surface area contributed by atoms with Gasteiger partial charge in [0.15, 0.2) is 16.6 Å². The van der Waals surface area contributed by atoms with Crippen molar-refractivity contribution < 1.29 is 19.0 Å². The fourth-order valence-electron chi connectivity index (χ4n) is 4.74. The van der Waals surface area contributed by atoms with Crippen LogP contribution in [0, 0.1) is 5.82 Å². The summed E-state index contributed by atoms with van der Waals surface area (Å²) < 4.78 is 20.8. The first-order chi connectivity index (χ1) is 19.1. The Morgan fingerprint density at radius 3 is 2.60 bits per heavy atom. The Morgan fingerprint density at radius 1 is 1.18 bits per heavy atom. The fraction of sp³-hybridized carbons (Fsp3) is 0.429. The van der Waals surface area contributed by atoms with E-state index >= 15 is 0 Å². The fourth-order valence-corrected chi connectivity index (χ4v) is 5.54. The predicted molar refractivity (Wildman–Crippen MR) is 154 cm³/mol. The van der Waals surface area contributed by atoms with Gasteiger partial charge in [0.1, 0.15) is 17.2 Å². The molecule has 12 heteroatoms. The van der Waals surface area contributed by atoms with Gasteiger partial charge in [0, 0.05) is 37.6 Å². The van der Waals surface area contributed by atoms with Crippen LogP contribution in [0.2, 0.25) is 0 Å². The smallest absolute Gasteiger partial charge is 0.410 e. The first-order valence-corrected chi connectivity index (χ1v) is 14.1. The maximum absolute atomic E-state index is 13.4. The van der Waals surface area contributed by atoms with E-state index in [1.54, 1.807) is 17.0 Å². The van der Waals surface area contributed by atoms with Gasteiger partial charge in [-0.25, -0.2) is 19.2 Å². The molecule has 1 aliphatic heterocycles. The molecule has 4 aromatic rings. The lowest BCUT2D eigenvalue weighted by Crippen LogP contribution is -2.57. The number of rotatable bonds is 6. The van der Waals surface area contributed by atoms with Crippen molar-refractivity contribution in [3.05, 3.63) is 53.3 Å². The number of halogens is 1. The lowest BCUT2D eigenvalue weighted by Gasteiger charge is -2.41. The molecular formula is C28H34FN7O3S. The number of imidazole rings is 1. The molecule has 1 aliphatic rings. The molecule has 0 aliphatic carbocycles. The van der Waals surface area contributed by atoms with Gasteiger partial charge in [-0.15, -0.1) is 16.4 Å². The van der Waals surface area contributed by atoms with E-state index in [0.29, 0.717) is 31.7 Å². The Bertz CT molecular complexity index is 1500. The molecule has 5 rings (SSSR count). The zero-order chi connectivity index (χ0) is 28.6. The summed E-state index contributed by atoms with van der Waals surface area (Å²) in [7, 11) is 1.94. The maximum Gasteiger partial charge on any atom is 0.410 e. The number of aromatic nitrogens is 4. The zero-order valence-electron chi connectivity index (χ0n) is 23.3. The molecule has 3 aromatic heterocycles. The number of fused-ring (bicyclic) bond motifs is 1. The average Bonchev–Trinajstić information content (AvgIpc) is 3.56. The number of ether oxygens (including phenoxy) is 1. The third-order valence-electron chi connectivity index (χ3n) is 6.73. The van der Waals surface area contributed by atoms with Gasteiger partial charge in [-0.05, 0) is 63.6 Å². The summed E-state index contributed by atoms with van der Waals surface area (Å²) in [5.74, 6) is 1.24. The zero-order valence-corrected chi connectivity index (χ0v) is 24.2. The molecule has 212 valence electrons. The summed E-state index contributed by atoms with van der Waals surface area (Å²) in [6, 6.07) is 9.72. The number of benzene rings is 1. The van der Waals surface area contributed by atoms with Gasteiger partial charge in [-0.3, -0.25) is 4.90 Å². The van der Waals surface area contributed by atoms with Crippen molar-refractivity contribution in [3.63, 3.8) is 0 Å². The number of aliphatic hydroxyl groups excluding tert-OH is 1.